The smallest absolute Gasteiger partial charge is 0.119 e. The normalized spacial score (nSPS) is 15.3. The number of fused-ring (bicyclic) bond motifs is 1. The Balaban J connectivity index is 1.45. The summed E-state index contributed by atoms with van der Waals surface area (Å²) in [4.78, 5) is 2.50. The molecule has 2 heterocycles. The Morgan fingerprint density at radius 1 is 1.00 bits per heavy atom. The van der Waals surface area contributed by atoms with E-state index in [1.807, 2.05) is 23.0 Å². The van der Waals surface area contributed by atoms with E-state index in [9.17, 15) is 0 Å². The highest BCUT2D eigenvalue weighted by Crippen LogP contribution is 2.34. The second-order valence-electron chi connectivity index (χ2n) is 8.93. The number of benzene rings is 2. The van der Waals surface area contributed by atoms with E-state index in [4.69, 9.17) is 9.47 Å². The number of rotatable bonds is 11. The minimum Gasteiger partial charge on any atom is -0.491 e. The number of aryl methyl sites for hydroxylation is 1. The Kier molecular flexibility index (Phi) is 8.42. The SMILES string of the molecule is CCCCOCCOc1ccc(-c2ccc3c(c2)C=CCC(C)N3Cc2cnn(CC)c2)cc1. The monoisotopic (exact) mass is 459 g/mol. The molecule has 5 heteroatoms. The first kappa shape index (κ1) is 24.1. The molecule has 2 aromatic carbocycles. The van der Waals surface area contributed by atoms with Crippen LogP contribution in [0.15, 0.2) is 60.9 Å². The minimum absolute atomic E-state index is 0.427. The van der Waals surface area contributed by atoms with Crippen molar-refractivity contribution in [3.63, 3.8) is 0 Å². The Morgan fingerprint density at radius 2 is 1.82 bits per heavy atom. The molecular weight excluding hydrogens is 422 g/mol. The molecule has 0 aliphatic carbocycles. The third-order valence-electron chi connectivity index (χ3n) is 6.33. The van der Waals surface area contributed by atoms with Crippen LogP contribution >= 0.6 is 0 Å². The maximum absolute atomic E-state index is 5.83. The molecule has 0 saturated carbocycles. The number of hydrogen-bond donors (Lipinski definition) is 0. The average Bonchev–Trinajstić information content (AvgIpc) is 3.26. The quantitative estimate of drug-likeness (QED) is 0.304. The Morgan fingerprint density at radius 3 is 2.59 bits per heavy atom. The lowest BCUT2D eigenvalue weighted by molar-refractivity contribution is 0.0981. The first-order chi connectivity index (χ1) is 16.7. The molecule has 180 valence electrons. The maximum atomic E-state index is 5.83. The van der Waals surface area contributed by atoms with Gasteiger partial charge in [-0.05, 0) is 67.6 Å². The van der Waals surface area contributed by atoms with Crippen molar-refractivity contribution < 1.29 is 9.47 Å². The summed E-state index contributed by atoms with van der Waals surface area (Å²) in [5.74, 6) is 0.880. The minimum atomic E-state index is 0.427. The van der Waals surface area contributed by atoms with Crippen LogP contribution in [0.25, 0.3) is 17.2 Å². The second kappa shape index (κ2) is 11.9. The fourth-order valence-electron chi connectivity index (χ4n) is 4.29. The van der Waals surface area contributed by atoms with E-state index in [1.54, 1.807) is 0 Å². The summed E-state index contributed by atoms with van der Waals surface area (Å²) in [6.07, 6.45) is 12.0. The van der Waals surface area contributed by atoms with Gasteiger partial charge in [0.25, 0.3) is 0 Å². The zero-order valence-electron chi connectivity index (χ0n) is 20.7. The van der Waals surface area contributed by atoms with Crippen molar-refractivity contribution in [2.75, 3.05) is 24.7 Å². The van der Waals surface area contributed by atoms with E-state index >= 15 is 0 Å². The van der Waals surface area contributed by atoms with E-state index in [-0.39, 0.29) is 0 Å². The molecule has 0 radical (unpaired) electrons. The van der Waals surface area contributed by atoms with Crippen LogP contribution in [-0.4, -0.2) is 35.6 Å². The summed E-state index contributed by atoms with van der Waals surface area (Å²) in [6, 6.07) is 15.6. The largest absolute Gasteiger partial charge is 0.491 e. The van der Waals surface area contributed by atoms with Gasteiger partial charge in [0.15, 0.2) is 0 Å². The van der Waals surface area contributed by atoms with Crippen molar-refractivity contribution in [2.45, 2.75) is 59.2 Å². The predicted octanol–water partition coefficient (Wildman–Crippen LogP) is 6.58. The molecule has 0 saturated heterocycles. The highest BCUT2D eigenvalue weighted by molar-refractivity contribution is 5.77. The standard InChI is InChI=1S/C29H37N3O2/c1-4-6-16-33-17-18-34-28-13-10-25(11-14-28)26-12-15-29-27(19-26)9-7-8-23(3)32(29)22-24-20-30-31(5-2)21-24/h7,9-15,19-21,23H,4-6,8,16-18,22H2,1-3H3. The predicted molar refractivity (Wildman–Crippen MR) is 140 cm³/mol. The van der Waals surface area contributed by atoms with Gasteiger partial charge in [-0.1, -0.05) is 43.7 Å². The van der Waals surface area contributed by atoms with Crippen molar-refractivity contribution >= 4 is 11.8 Å². The van der Waals surface area contributed by atoms with Crippen molar-refractivity contribution in [3.05, 3.63) is 72.1 Å². The number of hydrogen-bond acceptors (Lipinski definition) is 4. The van der Waals surface area contributed by atoms with Gasteiger partial charge < -0.3 is 14.4 Å². The zero-order chi connectivity index (χ0) is 23.8. The van der Waals surface area contributed by atoms with Crippen molar-refractivity contribution in [2.24, 2.45) is 0 Å². The number of ether oxygens (including phenoxy) is 2. The molecule has 0 bridgehead atoms. The Bertz CT molecular complexity index is 1070. The fourth-order valence-corrected chi connectivity index (χ4v) is 4.29. The molecule has 1 aromatic heterocycles. The molecule has 0 spiro atoms. The van der Waals surface area contributed by atoms with E-state index in [0.717, 1.165) is 44.7 Å². The molecule has 3 aromatic rings. The van der Waals surface area contributed by atoms with Gasteiger partial charge >= 0.3 is 0 Å². The van der Waals surface area contributed by atoms with Crippen molar-refractivity contribution in [1.29, 1.82) is 0 Å². The molecular formula is C29H37N3O2. The van der Waals surface area contributed by atoms with Gasteiger partial charge in [0.1, 0.15) is 12.4 Å². The first-order valence-electron chi connectivity index (χ1n) is 12.6. The summed E-state index contributed by atoms with van der Waals surface area (Å²) in [7, 11) is 0. The van der Waals surface area contributed by atoms with Crippen LogP contribution in [0.2, 0.25) is 0 Å². The molecule has 1 aliphatic heterocycles. The first-order valence-corrected chi connectivity index (χ1v) is 12.6. The Hall–Kier alpha value is -3.05. The number of anilines is 1. The van der Waals surface area contributed by atoms with E-state index in [0.29, 0.717) is 19.3 Å². The molecule has 0 fully saturated rings. The van der Waals surface area contributed by atoms with E-state index < -0.39 is 0 Å². The highest BCUT2D eigenvalue weighted by Gasteiger charge is 2.20. The number of aromatic nitrogens is 2. The van der Waals surface area contributed by atoms with Crippen LogP contribution in [-0.2, 0) is 17.8 Å². The van der Waals surface area contributed by atoms with Gasteiger partial charge in [-0.2, -0.15) is 5.10 Å². The van der Waals surface area contributed by atoms with Crippen LogP contribution in [0.3, 0.4) is 0 Å². The van der Waals surface area contributed by atoms with E-state index in [2.05, 4.69) is 79.5 Å². The molecule has 34 heavy (non-hydrogen) atoms. The van der Waals surface area contributed by atoms with Gasteiger partial charge in [0, 0.05) is 43.2 Å². The van der Waals surface area contributed by atoms with Gasteiger partial charge in [0.05, 0.1) is 12.8 Å². The summed E-state index contributed by atoms with van der Waals surface area (Å²) in [5.41, 5.74) is 6.19. The van der Waals surface area contributed by atoms with Gasteiger partial charge in [-0.15, -0.1) is 0 Å². The molecule has 5 nitrogen and oxygen atoms in total. The van der Waals surface area contributed by atoms with Crippen LogP contribution in [0, 0.1) is 0 Å². The van der Waals surface area contributed by atoms with Crippen LogP contribution < -0.4 is 9.64 Å². The molecule has 1 unspecified atom stereocenters. The molecule has 4 rings (SSSR count). The Labute approximate surface area is 204 Å². The zero-order valence-corrected chi connectivity index (χ0v) is 20.7. The summed E-state index contributed by atoms with van der Waals surface area (Å²) in [6.45, 7) is 10.4. The summed E-state index contributed by atoms with van der Waals surface area (Å²) in [5, 5.41) is 4.46. The topological polar surface area (TPSA) is 39.5 Å². The number of nitrogens with zero attached hydrogens (tertiary/aromatic N) is 3. The van der Waals surface area contributed by atoms with Gasteiger partial charge in [-0.25, -0.2) is 0 Å². The maximum Gasteiger partial charge on any atom is 0.119 e. The van der Waals surface area contributed by atoms with Crippen LogP contribution in [0.1, 0.15) is 51.2 Å². The van der Waals surface area contributed by atoms with E-state index in [1.165, 1.54) is 27.9 Å². The van der Waals surface area contributed by atoms with Gasteiger partial charge in [-0.3, -0.25) is 4.68 Å². The molecule has 1 aliphatic rings. The van der Waals surface area contributed by atoms with Gasteiger partial charge in [0.2, 0.25) is 0 Å². The third-order valence-corrected chi connectivity index (χ3v) is 6.33. The second-order valence-corrected chi connectivity index (χ2v) is 8.93. The van der Waals surface area contributed by atoms with Crippen molar-refractivity contribution in [3.8, 4) is 16.9 Å². The van der Waals surface area contributed by atoms with Crippen LogP contribution in [0.4, 0.5) is 5.69 Å². The summed E-state index contributed by atoms with van der Waals surface area (Å²) < 4.78 is 13.4. The third kappa shape index (κ3) is 6.09. The lowest BCUT2D eigenvalue weighted by atomic mass is 10.0. The van der Waals surface area contributed by atoms with Crippen molar-refractivity contribution in [1.82, 2.24) is 9.78 Å². The molecule has 0 amide bonds. The lowest BCUT2D eigenvalue weighted by Gasteiger charge is -2.31. The van der Waals surface area contributed by atoms with Crippen LogP contribution in [0.5, 0.6) is 5.75 Å². The average molecular weight is 460 g/mol. The molecule has 0 N–H and O–H groups in total. The molecule has 1 atom stereocenters. The highest BCUT2D eigenvalue weighted by atomic mass is 16.5. The summed E-state index contributed by atoms with van der Waals surface area (Å²) >= 11 is 0. The lowest BCUT2D eigenvalue weighted by Crippen LogP contribution is -2.32. The fraction of sp³-hybridized carbons (Fsp3) is 0.414. The number of unbranched alkanes of at least 4 members (excludes halogenated alkanes) is 1.